The molecular weight excluding hydrogens is 236 g/mol. The lowest BCUT2D eigenvalue weighted by atomic mass is 10.2. The molecule has 0 unspecified atom stereocenters. The van der Waals surface area contributed by atoms with E-state index < -0.39 is 0 Å². The Labute approximate surface area is 113 Å². The topological polar surface area (TPSA) is 43.6 Å². The van der Waals surface area contributed by atoms with Crippen molar-refractivity contribution in [2.75, 3.05) is 0 Å². The maximum Gasteiger partial charge on any atom is 0.205 e. The summed E-state index contributed by atoms with van der Waals surface area (Å²) in [7, 11) is 0. The highest BCUT2D eigenvalue weighted by atomic mass is 15.6. The van der Waals surface area contributed by atoms with E-state index in [9.17, 15) is 0 Å². The van der Waals surface area contributed by atoms with E-state index in [1.165, 1.54) is 4.80 Å². The first-order valence-corrected chi connectivity index (χ1v) is 6.02. The van der Waals surface area contributed by atoms with Gasteiger partial charge in [-0.1, -0.05) is 57.0 Å². The van der Waals surface area contributed by atoms with Crippen molar-refractivity contribution in [3.63, 3.8) is 0 Å². The van der Waals surface area contributed by atoms with Crippen LogP contribution in [0.2, 0.25) is 0 Å². The Morgan fingerprint density at radius 1 is 1.21 bits per heavy atom. The monoisotopic (exact) mass is 254 g/mol. The van der Waals surface area contributed by atoms with Crippen LogP contribution in [0, 0.1) is 0 Å². The minimum atomic E-state index is 0.521. The molecule has 0 N–H and O–H groups in total. The van der Waals surface area contributed by atoms with Crippen LogP contribution in [0.15, 0.2) is 62.3 Å². The molecule has 0 aliphatic heterocycles. The molecule has 0 amide bonds. The van der Waals surface area contributed by atoms with Gasteiger partial charge < -0.3 is 0 Å². The van der Waals surface area contributed by atoms with Crippen LogP contribution in [0.5, 0.6) is 0 Å². The van der Waals surface area contributed by atoms with E-state index in [-0.39, 0.29) is 0 Å². The van der Waals surface area contributed by atoms with Crippen molar-refractivity contribution in [2.45, 2.75) is 13.3 Å². The van der Waals surface area contributed by atoms with Crippen LogP contribution in [-0.2, 0) is 0 Å². The summed E-state index contributed by atoms with van der Waals surface area (Å²) in [6.07, 6.45) is 13.6. The smallest absolute Gasteiger partial charge is 0.131 e. The Hall–Kier alpha value is -2.49. The van der Waals surface area contributed by atoms with Gasteiger partial charge >= 0.3 is 0 Å². The molecule has 0 aliphatic carbocycles. The molecule has 1 aromatic heterocycles. The SMILES string of the molecule is C=C/C=C(\C=C)n1nnc(/C(C=C)=C/C=C\CC)n1. The van der Waals surface area contributed by atoms with Crippen LogP contribution in [0.1, 0.15) is 19.2 Å². The molecule has 0 bridgehead atoms. The highest BCUT2D eigenvalue weighted by Crippen LogP contribution is 2.11. The number of nitrogens with zero attached hydrogens (tertiary/aromatic N) is 4. The van der Waals surface area contributed by atoms with Crippen molar-refractivity contribution in [3.8, 4) is 0 Å². The summed E-state index contributed by atoms with van der Waals surface area (Å²) >= 11 is 0. The van der Waals surface area contributed by atoms with Crippen LogP contribution < -0.4 is 0 Å². The summed E-state index contributed by atoms with van der Waals surface area (Å²) < 4.78 is 0. The minimum absolute atomic E-state index is 0.521. The summed E-state index contributed by atoms with van der Waals surface area (Å²) in [6.45, 7) is 13.2. The summed E-state index contributed by atoms with van der Waals surface area (Å²) in [5.74, 6) is 0.521. The van der Waals surface area contributed by atoms with E-state index in [1.54, 1.807) is 24.3 Å². The Balaban J connectivity index is 3.06. The number of allylic oxidation sites excluding steroid dienone is 9. The second kappa shape index (κ2) is 7.76. The molecule has 0 saturated carbocycles. The predicted octanol–water partition coefficient (Wildman–Crippen LogP) is 3.42. The molecule has 0 saturated heterocycles. The fourth-order valence-corrected chi connectivity index (χ4v) is 1.32. The molecule has 0 aliphatic rings. The van der Waals surface area contributed by atoms with Crippen molar-refractivity contribution in [1.29, 1.82) is 0 Å². The van der Waals surface area contributed by atoms with Gasteiger partial charge in [0.25, 0.3) is 0 Å². The van der Waals surface area contributed by atoms with E-state index in [4.69, 9.17) is 0 Å². The zero-order chi connectivity index (χ0) is 14.1. The van der Waals surface area contributed by atoms with Crippen molar-refractivity contribution < 1.29 is 0 Å². The summed E-state index contributed by atoms with van der Waals surface area (Å²) in [5.41, 5.74) is 1.53. The van der Waals surface area contributed by atoms with Crippen molar-refractivity contribution in [1.82, 2.24) is 20.2 Å². The van der Waals surface area contributed by atoms with Gasteiger partial charge in [0.2, 0.25) is 5.82 Å². The summed E-state index contributed by atoms with van der Waals surface area (Å²) in [4.78, 5) is 1.41. The first-order valence-electron chi connectivity index (χ1n) is 6.02. The van der Waals surface area contributed by atoms with E-state index >= 15 is 0 Å². The van der Waals surface area contributed by atoms with Gasteiger partial charge in [0.05, 0.1) is 5.70 Å². The first-order chi connectivity index (χ1) is 9.26. The van der Waals surface area contributed by atoms with E-state index in [0.29, 0.717) is 11.5 Å². The maximum atomic E-state index is 4.28. The van der Waals surface area contributed by atoms with Crippen molar-refractivity contribution in [2.24, 2.45) is 0 Å². The second-order valence-corrected chi connectivity index (χ2v) is 3.60. The van der Waals surface area contributed by atoms with E-state index in [2.05, 4.69) is 42.1 Å². The molecule has 1 heterocycles. The first kappa shape index (κ1) is 14.6. The number of tetrazole rings is 1. The Morgan fingerprint density at radius 2 is 2.00 bits per heavy atom. The molecule has 1 rings (SSSR count). The van der Waals surface area contributed by atoms with Gasteiger partial charge in [-0.15, -0.1) is 15.0 Å². The van der Waals surface area contributed by atoms with Crippen LogP contribution >= 0.6 is 0 Å². The van der Waals surface area contributed by atoms with Crippen molar-refractivity contribution in [3.05, 3.63) is 68.1 Å². The molecule has 0 spiro atoms. The summed E-state index contributed by atoms with van der Waals surface area (Å²) in [5, 5.41) is 12.3. The molecule has 4 heteroatoms. The lowest BCUT2D eigenvalue weighted by Gasteiger charge is -1.96. The third-order valence-corrected chi connectivity index (χ3v) is 2.27. The Morgan fingerprint density at radius 3 is 2.58 bits per heavy atom. The van der Waals surface area contributed by atoms with Crippen LogP contribution in [0.4, 0.5) is 0 Å². The van der Waals surface area contributed by atoms with Gasteiger partial charge in [0, 0.05) is 5.57 Å². The van der Waals surface area contributed by atoms with E-state index in [0.717, 1.165) is 12.0 Å². The number of hydrogen-bond acceptors (Lipinski definition) is 3. The molecular formula is C15H18N4. The largest absolute Gasteiger partial charge is 0.205 e. The van der Waals surface area contributed by atoms with Crippen LogP contribution in [-0.4, -0.2) is 20.2 Å². The van der Waals surface area contributed by atoms with Crippen LogP contribution in [0.3, 0.4) is 0 Å². The zero-order valence-corrected chi connectivity index (χ0v) is 11.2. The van der Waals surface area contributed by atoms with Gasteiger partial charge in [-0.3, -0.25) is 0 Å². The van der Waals surface area contributed by atoms with E-state index in [1.807, 2.05) is 18.2 Å². The van der Waals surface area contributed by atoms with Crippen LogP contribution in [0.25, 0.3) is 11.3 Å². The number of hydrogen-bond donors (Lipinski definition) is 0. The van der Waals surface area contributed by atoms with Gasteiger partial charge in [-0.25, -0.2) is 0 Å². The third kappa shape index (κ3) is 4.03. The quantitative estimate of drug-likeness (QED) is 0.700. The van der Waals surface area contributed by atoms with Crippen molar-refractivity contribution >= 4 is 11.3 Å². The second-order valence-electron chi connectivity index (χ2n) is 3.60. The average molecular weight is 254 g/mol. The highest BCUT2D eigenvalue weighted by molar-refractivity contribution is 5.70. The van der Waals surface area contributed by atoms with Gasteiger partial charge in [-0.2, -0.15) is 0 Å². The molecule has 1 aromatic rings. The zero-order valence-electron chi connectivity index (χ0n) is 11.2. The Bertz CT molecular complexity index is 544. The van der Waals surface area contributed by atoms with Gasteiger partial charge in [0.15, 0.2) is 0 Å². The fourth-order valence-electron chi connectivity index (χ4n) is 1.32. The highest BCUT2D eigenvalue weighted by Gasteiger charge is 2.06. The summed E-state index contributed by atoms with van der Waals surface area (Å²) in [6, 6.07) is 0. The van der Waals surface area contributed by atoms with Gasteiger partial charge in [-0.05, 0) is 23.8 Å². The lowest BCUT2D eigenvalue weighted by Crippen LogP contribution is -1.99. The molecule has 98 valence electrons. The lowest BCUT2D eigenvalue weighted by molar-refractivity contribution is 0.741. The molecule has 4 nitrogen and oxygen atoms in total. The number of rotatable bonds is 7. The molecule has 0 aromatic carbocycles. The maximum absolute atomic E-state index is 4.28. The fraction of sp³-hybridized carbons (Fsp3) is 0.133. The molecule has 0 radical (unpaired) electrons. The predicted molar refractivity (Wildman–Crippen MR) is 80.1 cm³/mol. The minimum Gasteiger partial charge on any atom is -0.131 e. The molecule has 19 heavy (non-hydrogen) atoms. The number of aromatic nitrogens is 4. The average Bonchev–Trinajstić information content (AvgIpc) is 2.90. The Kier molecular flexibility index (Phi) is 5.95. The van der Waals surface area contributed by atoms with Gasteiger partial charge in [0.1, 0.15) is 0 Å². The molecule has 0 atom stereocenters. The standard InChI is InChI=1S/C15H18N4/c1-5-9-10-12-13(7-3)15-16-18-19(17-15)14(8-4)11-6-2/h6-12H,2-5H2,1H3/b10-9-,13-12+,14-11+. The third-order valence-electron chi connectivity index (χ3n) is 2.27. The molecule has 0 fully saturated rings. The normalized spacial score (nSPS) is 12.7.